The van der Waals surface area contributed by atoms with Crippen LogP contribution in [0.4, 0.5) is 0 Å². The van der Waals surface area contributed by atoms with Crippen molar-refractivity contribution in [2.75, 3.05) is 0 Å². The molecule has 0 atom stereocenters. The first-order valence-electron chi connectivity index (χ1n) is 9.17. The molecule has 0 aliphatic heterocycles. The number of rotatable bonds is 4. The first-order chi connectivity index (χ1) is 16.4. The monoisotopic (exact) mass is 694 g/mol. The number of halogens is 2. The van der Waals surface area contributed by atoms with E-state index in [4.69, 9.17) is 30.6 Å². The number of aromatic nitrogens is 4. The van der Waals surface area contributed by atoms with Gasteiger partial charge in [0.2, 0.25) is 0 Å². The molecule has 4 rings (SSSR count). The average molecular weight is 694 g/mol. The van der Waals surface area contributed by atoms with Gasteiger partial charge in [-0.25, -0.2) is 0 Å². The number of pyridine rings is 4. The van der Waals surface area contributed by atoms with E-state index in [1.54, 1.807) is 0 Å². The summed E-state index contributed by atoms with van der Waals surface area (Å²) in [6, 6.07) is 24.6. The minimum absolute atomic E-state index is 0.138. The average Bonchev–Trinajstić information content (AvgIpc) is 2.82. The Hall–Kier alpha value is -3.54. The molecule has 0 bridgehead atoms. The second-order valence-electron chi connectivity index (χ2n) is 5.48. The van der Waals surface area contributed by atoms with Crippen molar-refractivity contribution < 1.29 is 64.8 Å². The molecule has 0 unspecified atom stereocenters. The van der Waals surface area contributed by atoms with Gasteiger partial charge < -0.3 is 30.6 Å². The standard InChI is InChI=1S/2C10H10IN2.2NO3/c2*1-3-7-12(8-4-1)11-13-9-5-2-6-10-13;2*2-1(3)4/h2*1-10H;;/q2*+1;2*-1. The number of nitrogens with zero attached hydrogens (tertiary/aromatic N) is 6. The Morgan fingerprint density at radius 3 is 0.676 bits per heavy atom. The van der Waals surface area contributed by atoms with Gasteiger partial charge in [0.25, 0.3) is 0 Å². The van der Waals surface area contributed by atoms with E-state index in [9.17, 15) is 0 Å². The van der Waals surface area contributed by atoms with Gasteiger partial charge in [-0.1, -0.05) is 0 Å². The summed E-state index contributed by atoms with van der Waals surface area (Å²) in [6.07, 6.45) is 16.8. The molecule has 0 saturated heterocycles. The minimum atomic E-state index is -1.75. The first kappa shape index (κ1) is 28.5. The Kier molecular flexibility index (Phi) is 15.0. The van der Waals surface area contributed by atoms with Gasteiger partial charge in [-0.15, -0.1) is 0 Å². The van der Waals surface area contributed by atoms with Crippen molar-refractivity contribution in [1.82, 2.24) is 0 Å². The second-order valence-corrected chi connectivity index (χ2v) is 10.8. The van der Waals surface area contributed by atoms with Gasteiger partial charge in [-0.3, -0.25) is 0 Å². The van der Waals surface area contributed by atoms with Crippen molar-refractivity contribution in [3.8, 4) is 0 Å². The molecule has 34 heavy (non-hydrogen) atoms. The summed E-state index contributed by atoms with van der Waals surface area (Å²) < 4.78 is 8.94. The number of hydrogen-bond acceptors (Lipinski definition) is 6. The van der Waals surface area contributed by atoms with E-state index < -0.39 is 10.2 Å². The van der Waals surface area contributed by atoms with Crippen LogP contribution in [0.5, 0.6) is 0 Å². The molecule has 180 valence electrons. The third kappa shape index (κ3) is 16.1. The van der Waals surface area contributed by atoms with Crippen LogP contribution in [-0.2, 0) is 0 Å². The fourth-order valence-electron chi connectivity index (χ4n) is 1.91. The molecule has 0 spiro atoms. The molecular weight excluding hydrogens is 674 g/mol. The Morgan fingerprint density at radius 2 is 0.529 bits per heavy atom. The van der Waals surface area contributed by atoms with Crippen molar-refractivity contribution in [3.05, 3.63) is 153 Å². The summed E-state index contributed by atoms with van der Waals surface area (Å²) in [4.78, 5) is 16.5. The summed E-state index contributed by atoms with van der Waals surface area (Å²) in [5.74, 6) is 0. The van der Waals surface area contributed by atoms with Gasteiger partial charge in [0.05, 0.1) is 10.2 Å². The Bertz CT molecular complexity index is 912. The van der Waals surface area contributed by atoms with E-state index in [-0.39, 0.29) is 43.5 Å². The van der Waals surface area contributed by atoms with Crippen LogP contribution in [0.3, 0.4) is 0 Å². The molecule has 0 saturated carbocycles. The third-order valence-electron chi connectivity index (χ3n) is 3.07. The molecule has 0 aromatic carbocycles. The molecule has 12 nitrogen and oxygen atoms in total. The zero-order valence-electron chi connectivity index (χ0n) is 17.4. The van der Waals surface area contributed by atoms with Crippen LogP contribution in [-0.4, -0.2) is 10.2 Å². The van der Waals surface area contributed by atoms with Crippen LogP contribution in [0.25, 0.3) is 0 Å². The zero-order chi connectivity index (χ0) is 25.0. The summed E-state index contributed by atoms with van der Waals surface area (Å²) in [5, 5.41) is 29.5. The van der Waals surface area contributed by atoms with Crippen LogP contribution in [0, 0.1) is 30.6 Å². The quantitative estimate of drug-likeness (QED) is 0.119. The summed E-state index contributed by atoms with van der Waals surface area (Å²) in [7, 11) is 0. The van der Waals surface area contributed by atoms with Crippen LogP contribution in [0.2, 0.25) is 0 Å². The van der Waals surface area contributed by atoms with E-state index in [0.717, 1.165) is 0 Å². The van der Waals surface area contributed by atoms with E-state index in [2.05, 4.69) is 109 Å². The molecule has 0 amide bonds. The third-order valence-corrected chi connectivity index (χ3v) is 7.63. The van der Waals surface area contributed by atoms with Crippen LogP contribution in [0.15, 0.2) is 122 Å². The van der Waals surface area contributed by atoms with Gasteiger partial charge in [-0.05, 0) is 0 Å². The fourth-order valence-corrected chi connectivity index (χ4v) is 5.70. The Balaban J connectivity index is 0.000000261. The summed E-state index contributed by atoms with van der Waals surface area (Å²) in [6.45, 7) is 0. The Morgan fingerprint density at radius 1 is 0.382 bits per heavy atom. The Labute approximate surface area is 216 Å². The predicted octanol–water partition coefficient (Wildman–Crippen LogP) is -5.32. The van der Waals surface area contributed by atoms with Crippen molar-refractivity contribution in [2.24, 2.45) is 0 Å². The van der Waals surface area contributed by atoms with Crippen molar-refractivity contribution in [3.63, 3.8) is 0 Å². The van der Waals surface area contributed by atoms with Gasteiger partial charge in [0.15, 0.2) is 0 Å². The van der Waals surface area contributed by atoms with Crippen molar-refractivity contribution >= 4 is 0 Å². The van der Waals surface area contributed by atoms with Gasteiger partial charge >= 0.3 is 177 Å². The SMILES string of the molecule is O=[N+]([O-])[O-].O=[N+]([O-])[O-].c1cc[n+]([I-][n+]2ccccc2)cc1.c1cc[n+]([I-][n+]2ccccc2)cc1. The molecule has 0 aliphatic carbocycles. The molecule has 0 radical (unpaired) electrons. The first-order valence-corrected chi connectivity index (χ1v) is 13.0. The fraction of sp³-hybridized carbons (Fsp3) is 0. The molecule has 0 fully saturated rings. The maximum atomic E-state index is 8.25. The maximum absolute atomic E-state index is 8.25. The van der Waals surface area contributed by atoms with E-state index >= 15 is 0 Å². The number of hydrogen-bond donors (Lipinski definition) is 0. The van der Waals surface area contributed by atoms with Gasteiger partial charge in [0, 0.05) is 0 Å². The molecule has 4 aromatic heterocycles. The molecule has 0 N–H and O–H groups in total. The van der Waals surface area contributed by atoms with E-state index in [1.165, 1.54) is 0 Å². The van der Waals surface area contributed by atoms with Crippen LogP contribution in [0.1, 0.15) is 0 Å². The zero-order valence-corrected chi connectivity index (χ0v) is 21.8. The molecule has 14 heteroatoms. The molecule has 0 aliphatic rings. The molecule has 4 aromatic rings. The van der Waals surface area contributed by atoms with Crippen molar-refractivity contribution in [2.45, 2.75) is 0 Å². The van der Waals surface area contributed by atoms with E-state index in [1.807, 2.05) is 24.3 Å². The van der Waals surface area contributed by atoms with Crippen LogP contribution >= 0.6 is 0 Å². The van der Waals surface area contributed by atoms with Gasteiger partial charge in [0.1, 0.15) is 0 Å². The van der Waals surface area contributed by atoms with E-state index in [0.29, 0.717) is 0 Å². The van der Waals surface area contributed by atoms with Gasteiger partial charge in [-0.2, -0.15) is 0 Å². The normalized spacial score (nSPS) is 9.18. The topological polar surface area (TPSA) is 148 Å². The van der Waals surface area contributed by atoms with Crippen molar-refractivity contribution in [1.29, 1.82) is 0 Å². The molecule has 4 heterocycles. The summed E-state index contributed by atoms with van der Waals surface area (Å²) in [5.41, 5.74) is 0. The second kappa shape index (κ2) is 18.0. The predicted molar refractivity (Wildman–Crippen MR) is 109 cm³/mol. The van der Waals surface area contributed by atoms with Crippen LogP contribution < -0.4 is 54.6 Å². The summed E-state index contributed by atoms with van der Waals surface area (Å²) >= 11 is -0.276. The molecular formula is C20H20I2N6O6.